The van der Waals surface area contributed by atoms with E-state index >= 15 is 17.6 Å². The molecular weight excluding hydrogens is 1060 g/mol. The summed E-state index contributed by atoms with van der Waals surface area (Å²) >= 11 is 0. The second kappa shape index (κ2) is 22.7. The molecule has 4 fully saturated rings. The molecule has 0 spiro atoms. The van der Waals surface area contributed by atoms with Gasteiger partial charge in [0.2, 0.25) is 11.8 Å². The van der Waals surface area contributed by atoms with E-state index in [4.69, 9.17) is 24.2 Å². The van der Waals surface area contributed by atoms with Crippen LogP contribution in [0, 0.1) is 34.9 Å². The third-order valence-electron chi connectivity index (χ3n) is 16.1. The number of hydrogen-bond donors (Lipinski definition) is 5. The van der Waals surface area contributed by atoms with Gasteiger partial charge in [0.05, 0.1) is 65.6 Å². The molecule has 25 heteroatoms. The molecule has 4 saturated heterocycles. The maximum absolute atomic E-state index is 17.0. The van der Waals surface area contributed by atoms with Crippen LogP contribution in [-0.2, 0) is 23.8 Å². The van der Waals surface area contributed by atoms with E-state index < -0.39 is 107 Å². The Bertz CT molecular complexity index is 3300. The summed E-state index contributed by atoms with van der Waals surface area (Å²) in [7, 11) is 3.94. The third kappa shape index (κ3) is 10.5. The molecule has 4 aliphatic heterocycles. The SMILES string of the molecule is COC(=O)NC(C(=O)N1CCC[C@H]1c1nc2cc([C@H]3CC[C@H](c4cc5nc([C@@H]6CCCN6C(=O)C(NC(=O)O)C(C)OC)[nH]c5cc4F)N3c3cc(F)c(N4CCN(c5c(F)cccc5F)CC4)c(F)c3)c(F)cc2[nH]1)C(C)OC. The van der Waals surface area contributed by atoms with Crippen LogP contribution >= 0.6 is 0 Å². The molecule has 6 heterocycles. The first-order valence-corrected chi connectivity index (χ1v) is 26.5. The monoisotopic (exact) mass is 1120 g/mol. The van der Waals surface area contributed by atoms with E-state index in [0.717, 1.165) is 24.3 Å². The minimum atomic E-state index is -1.41. The molecule has 4 aromatic carbocycles. The molecule has 19 nitrogen and oxygen atoms in total. The van der Waals surface area contributed by atoms with Crippen molar-refractivity contribution in [1.82, 2.24) is 40.4 Å². The Morgan fingerprint density at radius 2 is 1.02 bits per heavy atom. The van der Waals surface area contributed by atoms with Crippen LogP contribution in [0.5, 0.6) is 0 Å². The van der Waals surface area contributed by atoms with Gasteiger partial charge in [-0.15, -0.1) is 0 Å². The van der Waals surface area contributed by atoms with E-state index in [0.29, 0.717) is 60.4 Å². The highest BCUT2D eigenvalue weighted by Gasteiger charge is 2.43. The zero-order chi connectivity index (χ0) is 56.8. The predicted molar refractivity (Wildman–Crippen MR) is 281 cm³/mol. The summed E-state index contributed by atoms with van der Waals surface area (Å²) < 4.78 is 113. The topological polar surface area (TPSA) is 214 Å². The number of H-pyrrole nitrogens is 2. The van der Waals surface area contributed by atoms with Crippen LogP contribution in [0.4, 0.5) is 53.0 Å². The highest BCUT2D eigenvalue weighted by atomic mass is 19.2. The number of para-hydroxylation sites is 1. The van der Waals surface area contributed by atoms with Crippen LogP contribution in [-0.4, -0.2) is 144 Å². The van der Waals surface area contributed by atoms with Gasteiger partial charge in [0.15, 0.2) is 11.6 Å². The summed E-state index contributed by atoms with van der Waals surface area (Å²) in [6.07, 6.45) is -1.35. The molecular formula is C55H61F6N11O8. The fourth-order valence-corrected chi connectivity index (χ4v) is 12.0. The number of nitrogens with zero attached hydrogens (tertiary/aromatic N) is 7. The van der Waals surface area contributed by atoms with Gasteiger partial charge < -0.3 is 64.4 Å². The quantitative estimate of drug-likeness (QED) is 0.0612. The first-order chi connectivity index (χ1) is 38.4. The van der Waals surface area contributed by atoms with Crippen LogP contribution in [0.25, 0.3) is 22.1 Å². The van der Waals surface area contributed by atoms with Gasteiger partial charge in [-0.2, -0.15) is 0 Å². The fraction of sp³-hybridized carbons (Fsp3) is 0.455. The van der Waals surface area contributed by atoms with Crippen LogP contribution < -0.4 is 25.3 Å². The van der Waals surface area contributed by atoms with Crippen molar-refractivity contribution < 1.29 is 64.8 Å². The van der Waals surface area contributed by atoms with Gasteiger partial charge in [0.1, 0.15) is 58.4 Å². The van der Waals surface area contributed by atoms with E-state index in [1.165, 1.54) is 66.4 Å². The summed E-state index contributed by atoms with van der Waals surface area (Å²) in [6, 6.07) is 5.76. The van der Waals surface area contributed by atoms with Gasteiger partial charge in [-0.05, 0) is 101 Å². The number of piperazine rings is 1. The number of carboxylic acid groups (broad SMARTS) is 1. The molecule has 5 N–H and O–H groups in total. The standard InChI is InChI=1S/C55H61F6N11O8/c1-27(78-3)46(66-54(75)76)52(73)70-15-7-11-44(70)50-62-38-23-30(34(58)25-40(38)64-50)42-13-14-43(72(42)29-21-36(60)49(37(61)22-29)69-19-17-68(18-20-69)48-32(56)9-6-10-33(48)57)31-24-39-41(26-35(31)59)65-51(63-39)45-12-8-16-71(45)53(74)47(28(2)79-4)67-55(77)80-5/h6,9-10,21-28,42-47,66H,7-8,11-20H2,1-5H3,(H,62,64)(H,63,65)(H,67,77)(H,75,76)/t27?,28?,42-,43-,44+,45+,46?,47?/m1/s1. The lowest BCUT2D eigenvalue weighted by molar-refractivity contribution is -0.138. The Balaban J connectivity index is 0.999. The molecule has 2 aromatic heterocycles. The minimum Gasteiger partial charge on any atom is -0.465 e. The van der Waals surface area contributed by atoms with Crippen LogP contribution in [0.3, 0.4) is 0 Å². The highest BCUT2D eigenvalue weighted by molar-refractivity contribution is 5.88. The van der Waals surface area contributed by atoms with Crippen LogP contribution in [0.1, 0.15) is 99.3 Å². The Morgan fingerprint density at radius 1 is 0.588 bits per heavy atom. The molecule has 8 atom stereocenters. The molecule has 4 unspecified atom stereocenters. The maximum atomic E-state index is 17.0. The number of amides is 4. The number of nitrogens with one attached hydrogen (secondary N) is 4. The van der Waals surface area contributed by atoms with Gasteiger partial charge in [-0.3, -0.25) is 9.59 Å². The van der Waals surface area contributed by atoms with Gasteiger partial charge in [0, 0.05) is 70.3 Å². The number of aromatic amines is 2. The van der Waals surface area contributed by atoms with Gasteiger partial charge in [-0.25, -0.2) is 45.9 Å². The molecule has 4 amide bonds. The average Bonchev–Trinajstić information content (AvgIpc) is 4.31. The second-order valence-electron chi connectivity index (χ2n) is 20.6. The van der Waals surface area contributed by atoms with Crippen LogP contribution in [0.2, 0.25) is 0 Å². The van der Waals surface area contributed by atoms with E-state index in [-0.39, 0.29) is 79.3 Å². The first kappa shape index (κ1) is 55.5. The number of anilines is 3. The number of likely N-dealkylation sites (tertiary alicyclic amines) is 2. The molecule has 426 valence electrons. The molecule has 6 aromatic rings. The smallest absolute Gasteiger partial charge is 0.407 e. The van der Waals surface area contributed by atoms with Crippen molar-refractivity contribution in [3.63, 3.8) is 0 Å². The molecule has 0 aliphatic carbocycles. The molecule has 0 saturated carbocycles. The maximum Gasteiger partial charge on any atom is 0.407 e. The van der Waals surface area contributed by atoms with E-state index in [9.17, 15) is 33.1 Å². The van der Waals surface area contributed by atoms with Crippen molar-refractivity contribution in [2.75, 3.05) is 75.3 Å². The predicted octanol–water partition coefficient (Wildman–Crippen LogP) is 8.44. The number of halogens is 6. The Kier molecular flexibility index (Phi) is 15.8. The third-order valence-corrected chi connectivity index (χ3v) is 16.1. The van der Waals surface area contributed by atoms with E-state index in [2.05, 4.69) is 20.6 Å². The average molecular weight is 1120 g/mol. The first-order valence-electron chi connectivity index (χ1n) is 26.5. The Morgan fingerprint density at radius 3 is 1.45 bits per heavy atom. The summed E-state index contributed by atoms with van der Waals surface area (Å²) in [6.45, 7) is 3.91. The van der Waals surface area contributed by atoms with Crippen molar-refractivity contribution in [3.8, 4) is 0 Å². The molecule has 10 rings (SSSR count). The number of alkyl carbamates (subject to hydrolysis) is 1. The summed E-state index contributed by atoms with van der Waals surface area (Å²) in [5.74, 6) is -5.21. The number of methoxy groups -OCH3 is 3. The number of aromatic nitrogens is 4. The zero-order valence-corrected chi connectivity index (χ0v) is 44.5. The van der Waals surface area contributed by atoms with Crippen molar-refractivity contribution in [3.05, 3.63) is 112 Å². The summed E-state index contributed by atoms with van der Waals surface area (Å²) in [5.41, 5.74) is 0.699. The number of benzene rings is 4. The van der Waals surface area contributed by atoms with E-state index in [1.807, 2.05) is 0 Å². The Labute approximate surface area is 455 Å². The van der Waals surface area contributed by atoms with Crippen LogP contribution in [0.15, 0.2) is 54.6 Å². The number of hydrogen-bond acceptors (Lipinski definition) is 12. The molecule has 0 radical (unpaired) electrons. The number of fused-ring (bicyclic) bond motifs is 2. The number of ether oxygens (including phenoxy) is 3. The zero-order valence-electron chi connectivity index (χ0n) is 44.5. The number of carbonyl (C=O) groups excluding carboxylic acids is 3. The largest absolute Gasteiger partial charge is 0.465 e. The fourth-order valence-electron chi connectivity index (χ4n) is 12.0. The van der Waals surface area contributed by atoms with Gasteiger partial charge >= 0.3 is 12.2 Å². The number of carbonyl (C=O) groups is 4. The minimum absolute atomic E-state index is 0.00651. The van der Waals surface area contributed by atoms with Crippen molar-refractivity contribution in [2.24, 2.45) is 0 Å². The lowest BCUT2D eigenvalue weighted by Gasteiger charge is -2.38. The van der Waals surface area contributed by atoms with Gasteiger partial charge in [0.25, 0.3) is 0 Å². The van der Waals surface area contributed by atoms with Crippen molar-refractivity contribution >= 4 is 63.1 Å². The van der Waals surface area contributed by atoms with E-state index in [1.54, 1.807) is 23.6 Å². The summed E-state index contributed by atoms with van der Waals surface area (Å²) in [5, 5.41) is 14.3. The van der Waals surface area contributed by atoms with Crippen molar-refractivity contribution in [2.45, 2.75) is 101 Å². The molecule has 80 heavy (non-hydrogen) atoms. The number of rotatable bonds is 15. The van der Waals surface area contributed by atoms with Gasteiger partial charge in [-0.1, -0.05) is 6.07 Å². The highest BCUT2D eigenvalue weighted by Crippen LogP contribution is 2.50. The second-order valence-corrected chi connectivity index (χ2v) is 20.6. The molecule has 0 bridgehead atoms. The number of imidazole rings is 2. The lowest BCUT2D eigenvalue weighted by atomic mass is 10.0. The Hall–Kier alpha value is -7.80. The lowest BCUT2D eigenvalue weighted by Crippen LogP contribution is -2.54. The normalized spacial score (nSPS) is 21.1. The van der Waals surface area contributed by atoms with Crippen molar-refractivity contribution in [1.29, 1.82) is 0 Å². The molecule has 4 aliphatic rings. The summed E-state index contributed by atoms with van der Waals surface area (Å²) in [4.78, 5) is 75.5.